The first-order valence-corrected chi connectivity index (χ1v) is 8.10. The van der Waals surface area contributed by atoms with E-state index in [2.05, 4.69) is 4.36 Å². The van der Waals surface area contributed by atoms with Crippen molar-refractivity contribution in [3.05, 3.63) is 65.7 Å². The van der Waals surface area contributed by atoms with Crippen LogP contribution in [-0.2, 0) is 9.73 Å². The van der Waals surface area contributed by atoms with E-state index in [9.17, 15) is 4.21 Å². The number of nitrogens with zero attached hydrogens (tertiary/aromatic N) is 1. The van der Waals surface area contributed by atoms with Crippen LogP contribution in [0.15, 0.2) is 63.9 Å². The van der Waals surface area contributed by atoms with E-state index in [0.29, 0.717) is 0 Å². The summed E-state index contributed by atoms with van der Waals surface area (Å²) < 4.78 is 17.3. The minimum Gasteiger partial charge on any atom is -0.245 e. The van der Waals surface area contributed by atoms with E-state index in [0.717, 1.165) is 27.3 Å². The van der Waals surface area contributed by atoms with Gasteiger partial charge in [0.25, 0.3) is 0 Å². The minimum absolute atomic E-state index is 0.840. The summed E-state index contributed by atoms with van der Waals surface area (Å²) in [5.74, 6) is 0. The monoisotopic (exact) mass is 269 g/mol. The van der Waals surface area contributed by atoms with Gasteiger partial charge in [-0.15, -0.1) is 0 Å². The highest BCUT2D eigenvalue weighted by molar-refractivity contribution is 7.93. The Kier molecular flexibility index (Phi) is 2.79. The molecule has 1 aliphatic heterocycles. The van der Waals surface area contributed by atoms with Gasteiger partial charge in [-0.25, -0.2) is 4.21 Å². The van der Waals surface area contributed by atoms with Crippen molar-refractivity contribution in [2.45, 2.75) is 11.8 Å². The van der Waals surface area contributed by atoms with Crippen molar-refractivity contribution in [1.29, 1.82) is 0 Å². The van der Waals surface area contributed by atoms with E-state index in [1.165, 1.54) is 0 Å². The summed E-state index contributed by atoms with van der Waals surface area (Å²) in [6.07, 6.45) is 1.71. The molecule has 0 aliphatic carbocycles. The summed E-state index contributed by atoms with van der Waals surface area (Å²) in [5.41, 5.74) is 3.99. The van der Waals surface area contributed by atoms with Gasteiger partial charge >= 0.3 is 0 Å². The first-order valence-electron chi connectivity index (χ1n) is 6.17. The highest BCUT2D eigenvalue weighted by Gasteiger charge is 2.21. The van der Waals surface area contributed by atoms with E-state index in [1.54, 1.807) is 6.26 Å². The normalized spacial score (nSPS) is 21.8. The largest absolute Gasteiger partial charge is 0.245 e. The number of allylic oxidation sites excluding steroid dienone is 1. The molecule has 3 rings (SSSR count). The maximum atomic E-state index is 12.8. The van der Waals surface area contributed by atoms with Gasteiger partial charge in [-0.1, -0.05) is 48.5 Å². The summed E-state index contributed by atoms with van der Waals surface area (Å²) in [5, 5.41) is 0. The molecule has 2 aromatic carbocycles. The first-order chi connectivity index (χ1) is 9.09. The molecule has 0 radical (unpaired) electrons. The maximum absolute atomic E-state index is 12.8. The zero-order valence-corrected chi connectivity index (χ0v) is 11.8. The van der Waals surface area contributed by atoms with Crippen LogP contribution < -0.4 is 0 Å². The molecule has 0 saturated carbocycles. The topological polar surface area (TPSA) is 29.4 Å². The highest BCUT2D eigenvalue weighted by Crippen LogP contribution is 2.37. The number of hydrogen-bond donors (Lipinski definition) is 0. The highest BCUT2D eigenvalue weighted by atomic mass is 32.2. The van der Waals surface area contributed by atoms with E-state index in [4.69, 9.17) is 0 Å². The summed E-state index contributed by atoms with van der Waals surface area (Å²) in [6, 6.07) is 17.8. The SMILES string of the molecule is CC1=C(c2ccccc2)N=S(C)(=O)c2ccccc21. The number of benzene rings is 2. The van der Waals surface area contributed by atoms with Crippen LogP contribution >= 0.6 is 0 Å². The molecule has 1 heterocycles. The molecule has 0 fully saturated rings. The minimum atomic E-state index is -2.36. The first kappa shape index (κ1) is 12.2. The molecule has 0 saturated heterocycles. The second kappa shape index (κ2) is 4.35. The van der Waals surface area contributed by atoms with Crippen LogP contribution in [-0.4, -0.2) is 10.5 Å². The average molecular weight is 269 g/mol. The molecule has 19 heavy (non-hydrogen) atoms. The van der Waals surface area contributed by atoms with Gasteiger partial charge in [-0.2, -0.15) is 4.36 Å². The van der Waals surface area contributed by atoms with Gasteiger partial charge < -0.3 is 0 Å². The second-order valence-corrected chi connectivity index (χ2v) is 6.96. The third kappa shape index (κ3) is 2.00. The van der Waals surface area contributed by atoms with Gasteiger partial charge in [0.05, 0.1) is 20.3 Å². The molecule has 1 aliphatic rings. The second-order valence-electron chi connectivity index (χ2n) is 4.73. The summed E-state index contributed by atoms with van der Waals surface area (Å²) in [6.45, 7) is 2.04. The van der Waals surface area contributed by atoms with Gasteiger partial charge in [-0.3, -0.25) is 0 Å². The molecule has 1 unspecified atom stereocenters. The summed E-state index contributed by atoms with van der Waals surface area (Å²) >= 11 is 0. The Labute approximate surface area is 114 Å². The molecule has 96 valence electrons. The summed E-state index contributed by atoms with van der Waals surface area (Å²) in [4.78, 5) is 0.840. The van der Waals surface area contributed by atoms with Crippen LogP contribution in [0.2, 0.25) is 0 Å². The Bertz CT molecular complexity index is 781. The Hall–Kier alpha value is -1.87. The van der Waals surface area contributed by atoms with Crippen LogP contribution in [0.1, 0.15) is 18.1 Å². The maximum Gasteiger partial charge on any atom is 0.0841 e. The Morgan fingerprint density at radius 1 is 0.947 bits per heavy atom. The van der Waals surface area contributed by atoms with Crippen LogP contribution in [0.4, 0.5) is 0 Å². The van der Waals surface area contributed by atoms with Crippen molar-refractivity contribution in [1.82, 2.24) is 0 Å². The molecular formula is C16H15NOS. The van der Waals surface area contributed by atoms with Crippen molar-refractivity contribution in [3.63, 3.8) is 0 Å². The van der Waals surface area contributed by atoms with Gasteiger partial charge in [0.1, 0.15) is 0 Å². The van der Waals surface area contributed by atoms with Crippen LogP contribution in [0.3, 0.4) is 0 Å². The van der Waals surface area contributed by atoms with Gasteiger partial charge in [0, 0.05) is 11.8 Å². The summed E-state index contributed by atoms with van der Waals surface area (Å²) in [7, 11) is -2.36. The molecule has 1 atom stereocenters. The Morgan fingerprint density at radius 2 is 1.58 bits per heavy atom. The number of hydrogen-bond acceptors (Lipinski definition) is 2. The van der Waals surface area contributed by atoms with Crippen LogP contribution in [0.25, 0.3) is 11.3 Å². The molecule has 0 spiro atoms. The van der Waals surface area contributed by atoms with Gasteiger partial charge in [-0.05, 0) is 24.1 Å². The fraction of sp³-hybridized carbons (Fsp3) is 0.125. The molecular weight excluding hydrogens is 254 g/mol. The van der Waals surface area contributed by atoms with Crippen molar-refractivity contribution < 1.29 is 4.21 Å². The third-order valence-corrected chi connectivity index (χ3v) is 5.07. The van der Waals surface area contributed by atoms with E-state index in [1.807, 2.05) is 61.5 Å². The van der Waals surface area contributed by atoms with Crippen molar-refractivity contribution >= 4 is 21.0 Å². The third-order valence-electron chi connectivity index (χ3n) is 3.37. The van der Waals surface area contributed by atoms with E-state index >= 15 is 0 Å². The number of fused-ring (bicyclic) bond motifs is 1. The molecule has 2 nitrogen and oxygen atoms in total. The van der Waals surface area contributed by atoms with Crippen molar-refractivity contribution in [2.75, 3.05) is 6.26 Å². The lowest BCUT2D eigenvalue weighted by atomic mass is 10.0. The van der Waals surface area contributed by atoms with Crippen molar-refractivity contribution in [3.8, 4) is 0 Å². The zero-order valence-electron chi connectivity index (χ0n) is 11.0. The lowest BCUT2D eigenvalue weighted by Gasteiger charge is -2.20. The Balaban J connectivity index is 2.35. The van der Waals surface area contributed by atoms with Gasteiger partial charge in [0.2, 0.25) is 0 Å². The van der Waals surface area contributed by atoms with Crippen molar-refractivity contribution in [2.24, 2.45) is 4.36 Å². The molecule has 0 N–H and O–H groups in total. The molecule has 0 amide bonds. The van der Waals surface area contributed by atoms with Crippen LogP contribution in [0, 0.1) is 0 Å². The van der Waals surface area contributed by atoms with E-state index in [-0.39, 0.29) is 0 Å². The fourth-order valence-corrected chi connectivity index (χ4v) is 4.04. The number of rotatable bonds is 1. The zero-order chi connectivity index (χ0) is 13.5. The Morgan fingerprint density at radius 3 is 2.32 bits per heavy atom. The molecule has 0 aromatic heterocycles. The predicted octanol–water partition coefficient (Wildman–Crippen LogP) is 4.05. The smallest absolute Gasteiger partial charge is 0.0841 e. The quantitative estimate of drug-likeness (QED) is 0.768. The standard InChI is InChI=1S/C16H15NOS/c1-12-14-10-6-7-11-15(14)19(2,18)17-16(12)13-8-4-3-5-9-13/h3-11H,1-2H3. The lowest BCUT2D eigenvalue weighted by molar-refractivity contribution is 0.680. The molecule has 2 aromatic rings. The predicted molar refractivity (Wildman–Crippen MR) is 80.1 cm³/mol. The fourth-order valence-electron chi connectivity index (χ4n) is 2.39. The van der Waals surface area contributed by atoms with Gasteiger partial charge in [0.15, 0.2) is 0 Å². The van der Waals surface area contributed by atoms with E-state index < -0.39 is 9.73 Å². The van der Waals surface area contributed by atoms with Crippen LogP contribution in [0.5, 0.6) is 0 Å². The lowest BCUT2D eigenvalue weighted by Crippen LogP contribution is -2.07. The molecule has 0 bridgehead atoms. The average Bonchev–Trinajstić information content (AvgIpc) is 2.44. The molecule has 3 heteroatoms.